The zero-order chi connectivity index (χ0) is 11.1. The van der Waals surface area contributed by atoms with Crippen molar-refractivity contribution in [3.05, 3.63) is 29.8 Å². The molecule has 2 N–H and O–H groups in total. The summed E-state index contributed by atoms with van der Waals surface area (Å²) in [6.07, 6.45) is 2.02. The van der Waals surface area contributed by atoms with Crippen molar-refractivity contribution >= 4 is 21.8 Å². The number of unbranched alkanes of at least 4 members (excludes halogenated alkanes) is 1. The van der Waals surface area contributed by atoms with E-state index in [4.69, 9.17) is 5.11 Å². The number of carbonyl (C=O) groups excluding carboxylic acids is 1. The highest BCUT2D eigenvalue weighted by Gasteiger charge is 2.03. The number of nitrogens with one attached hydrogen (secondary N) is 1. The summed E-state index contributed by atoms with van der Waals surface area (Å²) in [6.45, 7) is 0.686. The highest BCUT2D eigenvalue weighted by Crippen LogP contribution is 2.09. The highest BCUT2D eigenvalue weighted by molar-refractivity contribution is 9.09. The van der Waals surface area contributed by atoms with Crippen LogP contribution < -0.4 is 5.32 Å². The van der Waals surface area contributed by atoms with Gasteiger partial charge in [-0.3, -0.25) is 4.79 Å². The van der Waals surface area contributed by atoms with Gasteiger partial charge in [-0.25, -0.2) is 0 Å². The molecule has 0 saturated heterocycles. The first-order chi connectivity index (χ1) is 7.24. The predicted molar refractivity (Wildman–Crippen MR) is 63.5 cm³/mol. The van der Waals surface area contributed by atoms with Crippen molar-refractivity contribution in [2.45, 2.75) is 12.8 Å². The molecule has 4 heteroatoms. The molecule has 0 bridgehead atoms. The van der Waals surface area contributed by atoms with Gasteiger partial charge < -0.3 is 10.4 Å². The first-order valence-corrected chi connectivity index (χ1v) is 5.99. The van der Waals surface area contributed by atoms with E-state index in [0.29, 0.717) is 12.1 Å². The Kier molecular flexibility index (Phi) is 5.18. The van der Waals surface area contributed by atoms with E-state index >= 15 is 0 Å². The van der Waals surface area contributed by atoms with E-state index in [1.807, 2.05) is 0 Å². The van der Waals surface area contributed by atoms with Gasteiger partial charge in [-0.1, -0.05) is 15.9 Å². The normalized spacial score (nSPS) is 9.93. The molecule has 82 valence electrons. The van der Waals surface area contributed by atoms with Crippen molar-refractivity contribution in [2.75, 3.05) is 11.9 Å². The number of benzene rings is 1. The van der Waals surface area contributed by atoms with Gasteiger partial charge in [0.05, 0.1) is 0 Å². The standard InChI is InChI=1S/C11H14BrNO2/c12-7-1-2-8-13-11(15)9-3-5-10(14)6-4-9/h3-6,14H,1-2,7-8H2,(H,13,15). The van der Waals surface area contributed by atoms with Gasteiger partial charge in [-0.2, -0.15) is 0 Å². The smallest absolute Gasteiger partial charge is 0.251 e. The minimum absolute atomic E-state index is 0.0930. The molecular weight excluding hydrogens is 258 g/mol. The third-order valence-corrected chi connectivity index (χ3v) is 2.54. The summed E-state index contributed by atoms with van der Waals surface area (Å²) < 4.78 is 0. The molecule has 1 aromatic carbocycles. The maximum Gasteiger partial charge on any atom is 0.251 e. The molecule has 0 aromatic heterocycles. The Hall–Kier alpha value is -1.03. The van der Waals surface area contributed by atoms with Crippen LogP contribution in [0.3, 0.4) is 0 Å². The number of alkyl halides is 1. The second-order valence-corrected chi connectivity index (χ2v) is 3.99. The number of halogens is 1. The third kappa shape index (κ3) is 4.34. The molecule has 0 heterocycles. The summed E-state index contributed by atoms with van der Waals surface area (Å²) in [5, 5.41) is 12.8. The quantitative estimate of drug-likeness (QED) is 0.638. The first kappa shape index (κ1) is 12.0. The van der Waals surface area contributed by atoms with Crippen molar-refractivity contribution in [1.82, 2.24) is 5.32 Å². The van der Waals surface area contributed by atoms with Crippen molar-refractivity contribution in [2.24, 2.45) is 0 Å². The van der Waals surface area contributed by atoms with Gasteiger partial charge in [-0.05, 0) is 37.1 Å². The molecule has 0 unspecified atom stereocenters. The summed E-state index contributed by atoms with van der Waals surface area (Å²) in [4.78, 5) is 11.5. The Morgan fingerprint density at radius 1 is 1.27 bits per heavy atom. The molecular formula is C11H14BrNO2. The van der Waals surface area contributed by atoms with Gasteiger partial charge in [0.2, 0.25) is 0 Å². The first-order valence-electron chi connectivity index (χ1n) is 4.87. The van der Waals surface area contributed by atoms with Gasteiger partial charge in [0.1, 0.15) is 5.75 Å². The van der Waals surface area contributed by atoms with E-state index in [2.05, 4.69) is 21.2 Å². The number of phenolic OH excluding ortho intramolecular Hbond substituents is 1. The number of carbonyl (C=O) groups is 1. The topological polar surface area (TPSA) is 49.3 Å². The van der Waals surface area contributed by atoms with E-state index in [1.165, 1.54) is 12.1 Å². The second-order valence-electron chi connectivity index (χ2n) is 3.20. The fourth-order valence-corrected chi connectivity index (χ4v) is 1.53. The molecule has 1 rings (SSSR count). The highest BCUT2D eigenvalue weighted by atomic mass is 79.9. The van der Waals surface area contributed by atoms with Crippen LogP contribution in [0.15, 0.2) is 24.3 Å². The van der Waals surface area contributed by atoms with Crippen LogP contribution in [0.1, 0.15) is 23.2 Å². The molecule has 0 aliphatic rings. The molecule has 0 fully saturated rings. The number of phenols is 1. The number of hydrogen-bond donors (Lipinski definition) is 2. The lowest BCUT2D eigenvalue weighted by Crippen LogP contribution is -2.24. The monoisotopic (exact) mass is 271 g/mol. The van der Waals surface area contributed by atoms with Crippen LogP contribution in [0.2, 0.25) is 0 Å². The van der Waals surface area contributed by atoms with Crippen molar-refractivity contribution in [3.63, 3.8) is 0 Å². The van der Waals surface area contributed by atoms with Crippen LogP contribution in [0.25, 0.3) is 0 Å². The van der Waals surface area contributed by atoms with Gasteiger partial charge >= 0.3 is 0 Å². The van der Waals surface area contributed by atoms with Gasteiger partial charge in [0.15, 0.2) is 0 Å². The largest absolute Gasteiger partial charge is 0.508 e. The molecule has 0 atom stereocenters. The molecule has 0 saturated carbocycles. The Morgan fingerprint density at radius 3 is 2.53 bits per heavy atom. The molecule has 3 nitrogen and oxygen atoms in total. The van der Waals surface area contributed by atoms with Gasteiger partial charge in [0.25, 0.3) is 5.91 Å². The van der Waals surface area contributed by atoms with Crippen LogP contribution in [-0.2, 0) is 0 Å². The Morgan fingerprint density at radius 2 is 1.93 bits per heavy atom. The Balaban J connectivity index is 2.37. The van der Waals surface area contributed by atoms with E-state index in [-0.39, 0.29) is 11.7 Å². The van der Waals surface area contributed by atoms with E-state index in [9.17, 15) is 4.79 Å². The summed E-state index contributed by atoms with van der Waals surface area (Å²) in [5.74, 6) is 0.0791. The molecule has 1 aromatic rings. The fourth-order valence-electron chi connectivity index (χ4n) is 1.14. The Labute approximate surface area is 97.6 Å². The predicted octanol–water partition coefficient (Wildman–Crippen LogP) is 2.30. The van der Waals surface area contributed by atoms with E-state index in [1.54, 1.807) is 12.1 Å². The van der Waals surface area contributed by atoms with Crippen LogP contribution in [0.4, 0.5) is 0 Å². The lowest BCUT2D eigenvalue weighted by Gasteiger charge is -2.04. The number of hydrogen-bond acceptors (Lipinski definition) is 2. The van der Waals surface area contributed by atoms with Crippen molar-refractivity contribution < 1.29 is 9.90 Å². The molecule has 1 amide bonds. The summed E-state index contributed by atoms with van der Waals surface area (Å²) in [7, 11) is 0. The van der Waals surface area contributed by atoms with Gasteiger partial charge in [0, 0.05) is 17.4 Å². The summed E-state index contributed by atoms with van der Waals surface area (Å²) in [5.41, 5.74) is 0.576. The minimum atomic E-state index is -0.0930. The van der Waals surface area contributed by atoms with E-state index in [0.717, 1.165) is 18.2 Å². The molecule has 0 aliphatic heterocycles. The second kappa shape index (κ2) is 6.45. The zero-order valence-electron chi connectivity index (χ0n) is 8.37. The van der Waals surface area contributed by atoms with Crippen LogP contribution in [0.5, 0.6) is 5.75 Å². The lowest BCUT2D eigenvalue weighted by molar-refractivity contribution is 0.0953. The summed E-state index contributed by atoms with van der Waals surface area (Å²) >= 11 is 3.33. The van der Waals surface area contributed by atoms with Crippen LogP contribution >= 0.6 is 15.9 Å². The maximum atomic E-state index is 11.5. The van der Waals surface area contributed by atoms with Crippen LogP contribution in [0, 0.1) is 0 Å². The maximum absolute atomic E-state index is 11.5. The average Bonchev–Trinajstić information content (AvgIpc) is 2.25. The third-order valence-electron chi connectivity index (χ3n) is 1.98. The minimum Gasteiger partial charge on any atom is -0.508 e. The van der Waals surface area contributed by atoms with E-state index < -0.39 is 0 Å². The average molecular weight is 272 g/mol. The van der Waals surface area contributed by atoms with Crippen molar-refractivity contribution in [3.8, 4) is 5.75 Å². The molecule has 0 radical (unpaired) electrons. The Bertz CT molecular complexity index is 311. The van der Waals surface area contributed by atoms with Gasteiger partial charge in [-0.15, -0.1) is 0 Å². The number of amides is 1. The SMILES string of the molecule is O=C(NCCCCBr)c1ccc(O)cc1. The van der Waals surface area contributed by atoms with Crippen molar-refractivity contribution in [1.29, 1.82) is 0 Å². The lowest BCUT2D eigenvalue weighted by atomic mass is 10.2. The number of rotatable bonds is 5. The molecule has 0 aliphatic carbocycles. The molecule has 0 spiro atoms. The summed E-state index contributed by atoms with van der Waals surface area (Å²) in [6, 6.07) is 6.23. The fraction of sp³-hybridized carbons (Fsp3) is 0.364. The number of aromatic hydroxyl groups is 1. The van der Waals surface area contributed by atoms with Crippen LogP contribution in [-0.4, -0.2) is 22.9 Å². The molecule has 15 heavy (non-hydrogen) atoms. The zero-order valence-corrected chi connectivity index (χ0v) is 9.96.